The smallest absolute Gasteiger partial charge is 0.124 e. The molecular formula is C15H22ClNO2. The second kappa shape index (κ2) is 7.13. The van der Waals surface area contributed by atoms with Crippen LogP contribution in [0, 0.1) is 0 Å². The van der Waals surface area contributed by atoms with Gasteiger partial charge in [0.05, 0.1) is 6.10 Å². The molecule has 0 saturated carbocycles. The normalized spacial score (nSPS) is 21.1. The summed E-state index contributed by atoms with van der Waals surface area (Å²) >= 11 is 6.23. The van der Waals surface area contributed by atoms with E-state index in [1.807, 2.05) is 25.1 Å². The Morgan fingerprint density at radius 2 is 2.32 bits per heavy atom. The molecule has 2 atom stereocenters. The van der Waals surface area contributed by atoms with E-state index in [1.165, 1.54) is 6.42 Å². The molecular weight excluding hydrogens is 262 g/mol. The molecule has 1 aliphatic rings. The molecule has 1 heterocycles. The van der Waals surface area contributed by atoms with E-state index in [9.17, 15) is 0 Å². The lowest BCUT2D eigenvalue weighted by molar-refractivity contribution is -0.0112. The van der Waals surface area contributed by atoms with Crippen molar-refractivity contribution in [3.05, 3.63) is 28.8 Å². The van der Waals surface area contributed by atoms with Crippen molar-refractivity contribution >= 4 is 11.6 Å². The number of benzene rings is 1. The van der Waals surface area contributed by atoms with Crippen LogP contribution in [0.5, 0.6) is 5.75 Å². The maximum Gasteiger partial charge on any atom is 0.124 e. The van der Waals surface area contributed by atoms with Crippen LogP contribution in [0.25, 0.3) is 0 Å². The van der Waals surface area contributed by atoms with Gasteiger partial charge in [-0.25, -0.2) is 0 Å². The van der Waals surface area contributed by atoms with Crippen LogP contribution in [0.4, 0.5) is 0 Å². The van der Waals surface area contributed by atoms with Crippen molar-refractivity contribution in [2.75, 3.05) is 13.2 Å². The number of nitrogens with two attached hydrogens (primary N) is 1. The summed E-state index contributed by atoms with van der Waals surface area (Å²) in [5.41, 5.74) is 6.86. The average molecular weight is 284 g/mol. The van der Waals surface area contributed by atoms with Crippen LogP contribution >= 0.6 is 11.6 Å². The Kier molecular flexibility index (Phi) is 5.49. The van der Waals surface area contributed by atoms with Crippen molar-refractivity contribution in [2.24, 2.45) is 5.73 Å². The first-order valence-corrected chi connectivity index (χ1v) is 7.32. The molecule has 0 bridgehead atoms. The number of halogens is 1. The van der Waals surface area contributed by atoms with E-state index in [-0.39, 0.29) is 12.1 Å². The molecule has 0 aromatic heterocycles. The lowest BCUT2D eigenvalue weighted by atomic mass is 10.1. The zero-order valence-electron chi connectivity index (χ0n) is 11.4. The maximum atomic E-state index is 6.23. The predicted octanol–water partition coefficient (Wildman–Crippen LogP) is 3.18. The topological polar surface area (TPSA) is 44.5 Å². The van der Waals surface area contributed by atoms with E-state index < -0.39 is 0 Å². The highest BCUT2D eigenvalue weighted by Gasteiger charge is 2.16. The fourth-order valence-electron chi connectivity index (χ4n) is 2.32. The molecule has 0 radical (unpaired) electrons. The molecule has 0 aliphatic carbocycles. The van der Waals surface area contributed by atoms with Gasteiger partial charge in [-0.15, -0.1) is 0 Å². The first-order chi connectivity index (χ1) is 9.16. The first kappa shape index (κ1) is 14.6. The monoisotopic (exact) mass is 283 g/mol. The van der Waals surface area contributed by atoms with E-state index in [1.54, 1.807) is 0 Å². The second-order valence-electron chi connectivity index (χ2n) is 5.20. The molecule has 1 aliphatic heterocycles. The summed E-state index contributed by atoms with van der Waals surface area (Å²) in [4.78, 5) is 0. The zero-order chi connectivity index (χ0) is 13.7. The largest absolute Gasteiger partial charge is 0.491 e. The van der Waals surface area contributed by atoms with Crippen molar-refractivity contribution in [1.82, 2.24) is 0 Å². The molecule has 19 heavy (non-hydrogen) atoms. The van der Waals surface area contributed by atoms with Crippen LogP contribution in [0.2, 0.25) is 5.02 Å². The molecule has 1 aromatic rings. The lowest BCUT2D eigenvalue weighted by Gasteiger charge is -2.23. The number of hydrogen-bond donors (Lipinski definition) is 1. The van der Waals surface area contributed by atoms with Gasteiger partial charge in [0.1, 0.15) is 12.4 Å². The Hall–Kier alpha value is -0.770. The minimum atomic E-state index is 0.0631. The molecule has 1 saturated heterocycles. The summed E-state index contributed by atoms with van der Waals surface area (Å²) in [6.45, 7) is 3.40. The van der Waals surface area contributed by atoms with E-state index >= 15 is 0 Å². The fourth-order valence-corrected chi connectivity index (χ4v) is 2.56. The van der Waals surface area contributed by atoms with Crippen molar-refractivity contribution in [3.8, 4) is 5.75 Å². The quantitative estimate of drug-likeness (QED) is 0.903. The van der Waals surface area contributed by atoms with Gasteiger partial charge in [-0.3, -0.25) is 0 Å². The Labute approximate surface area is 120 Å². The minimum absolute atomic E-state index is 0.0631. The van der Waals surface area contributed by atoms with Gasteiger partial charge >= 0.3 is 0 Å². The lowest BCUT2D eigenvalue weighted by Crippen LogP contribution is -2.26. The van der Waals surface area contributed by atoms with Gasteiger partial charge in [0.2, 0.25) is 0 Å². The average Bonchev–Trinajstić information content (AvgIpc) is 2.40. The fraction of sp³-hybridized carbons (Fsp3) is 0.600. The maximum absolute atomic E-state index is 6.23. The Balaban J connectivity index is 2.00. The molecule has 0 amide bonds. The van der Waals surface area contributed by atoms with Crippen LogP contribution in [0.3, 0.4) is 0 Å². The molecule has 2 rings (SSSR count). The SMILES string of the molecule is CC(N)Cc1c(Cl)cccc1OCC1CCCCO1. The van der Waals surface area contributed by atoms with E-state index in [0.717, 1.165) is 42.2 Å². The van der Waals surface area contributed by atoms with Gasteiger partial charge in [-0.2, -0.15) is 0 Å². The molecule has 106 valence electrons. The summed E-state index contributed by atoms with van der Waals surface area (Å²) in [6.07, 6.45) is 4.37. The second-order valence-corrected chi connectivity index (χ2v) is 5.60. The van der Waals surface area contributed by atoms with Crippen molar-refractivity contribution < 1.29 is 9.47 Å². The number of ether oxygens (including phenoxy) is 2. The van der Waals surface area contributed by atoms with Gasteiger partial charge in [0, 0.05) is 23.2 Å². The van der Waals surface area contributed by atoms with Gasteiger partial charge in [-0.05, 0) is 44.7 Å². The molecule has 2 N–H and O–H groups in total. The third-order valence-corrected chi connectivity index (χ3v) is 3.65. The summed E-state index contributed by atoms with van der Waals surface area (Å²) in [7, 11) is 0. The third-order valence-electron chi connectivity index (χ3n) is 3.30. The summed E-state index contributed by atoms with van der Waals surface area (Å²) < 4.78 is 11.6. The van der Waals surface area contributed by atoms with E-state index in [0.29, 0.717) is 6.61 Å². The van der Waals surface area contributed by atoms with Crippen molar-refractivity contribution in [1.29, 1.82) is 0 Å². The minimum Gasteiger partial charge on any atom is -0.491 e. The molecule has 1 aromatic carbocycles. The highest BCUT2D eigenvalue weighted by atomic mass is 35.5. The number of rotatable bonds is 5. The Morgan fingerprint density at radius 1 is 1.47 bits per heavy atom. The molecule has 2 unspecified atom stereocenters. The van der Waals surface area contributed by atoms with Crippen LogP contribution in [0.15, 0.2) is 18.2 Å². The van der Waals surface area contributed by atoms with Gasteiger partial charge < -0.3 is 15.2 Å². The zero-order valence-corrected chi connectivity index (χ0v) is 12.2. The standard InChI is InChI=1S/C15H22ClNO2/c1-11(17)9-13-14(16)6-4-7-15(13)19-10-12-5-2-3-8-18-12/h4,6-7,11-12H,2-3,5,8-10,17H2,1H3. The Morgan fingerprint density at radius 3 is 3.00 bits per heavy atom. The van der Waals surface area contributed by atoms with Gasteiger partial charge in [-0.1, -0.05) is 17.7 Å². The van der Waals surface area contributed by atoms with Crippen LogP contribution < -0.4 is 10.5 Å². The molecule has 1 fully saturated rings. The molecule has 4 heteroatoms. The van der Waals surface area contributed by atoms with Crippen LogP contribution in [-0.4, -0.2) is 25.4 Å². The third kappa shape index (κ3) is 4.37. The highest BCUT2D eigenvalue weighted by molar-refractivity contribution is 6.31. The van der Waals surface area contributed by atoms with Crippen molar-refractivity contribution in [3.63, 3.8) is 0 Å². The molecule has 3 nitrogen and oxygen atoms in total. The number of hydrogen-bond acceptors (Lipinski definition) is 3. The van der Waals surface area contributed by atoms with E-state index in [4.69, 9.17) is 26.8 Å². The van der Waals surface area contributed by atoms with Crippen LogP contribution in [-0.2, 0) is 11.2 Å². The summed E-state index contributed by atoms with van der Waals surface area (Å²) in [5.74, 6) is 0.832. The summed E-state index contributed by atoms with van der Waals surface area (Å²) in [5, 5.41) is 0.722. The molecule has 0 spiro atoms. The Bertz CT molecular complexity index is 403. The predicted molar refractivity (Wildman–Crippen MR) is 77.9 cm³/mol. The first-order valence-electron chi connectivity index (χ1n) is 6.94. The summed E-state index contributed by atoms with van der Waals surface area (Å²) in [6, 6.07) is 5.80. The van der Waals surface area contributed by atoms with Crippen molar-refractivity contribution in [2.45, 2.75) is 44.8 Å². The van der Waals surface area contributed by atoms with Crippen LogP contribution in [0.1, 0.15) is 31.7 Å². The van der Waals surface area contributed by atoms with E-state index in [2.05, 4.69) is 0 Å². The van der Waals surface area contributed by atoms with Gasteiger partial charge in [0.25, 0.3) is 0 Å². The highest BCUT2D eigenvalue weighted by Crippen LogP contribution is 2.28. The van der Waals surface area contributed by atoms with Gasteiger partial charge in [0.15, 0.2) is 0 Å².